The molecule has 0 saturated carbocycles. The third kappa shape index (κ3) is 2.64. The van der Waals surface area contributed by atoms with Gasteiger partial charge in [0, 0.05) is 7.11 Å². The van der Waals surface area contributed by atoms with Crippen LogP contribution in [0.4, 0.5) is 0 Å². The molecule has 2 aromatic rings. The molecule has 0 aliphatic carbocycles. The van der Waals surface area contributed by atoms with Crippen molar-refractivity contribution in [2.24, 2.45) is 0 Å². The van der Waals surface area contributed by atoms with Crippen molar-refractivity contribution in [2.75, 3.05) is 7.11 Å². The molecule has 1 N–H and O–H groups in total. The van der Waals surface area contributed by atoms with Crippen LogP contribution in [0.5, 0.6) is 0 Å². The highest BCUT2D eigenvalue weighted by Gasteiger charge is 2.39. The van der Waals surface area contributed by atoms with Crippen LogP contribution in [-0.4, -0.2) is 38.4 Å². The summed E-state index contributed by atoms with van der Waals surface area (Å²) < 4.78 is 6.81. The fourth-order valence-corrected chi connectivity index (χ4v) is 2.12. The number of tetrazole rings is 1. The zero-order chi connectivity index (χ0) is 15.5. The van der Waals surface area contributed by atoms with Gasteiger partial charge in [-0.25, -0.2) is 9.48 Å². The summed E-state index contributed by atoms with van der Waals surface area (Å²) in [5, 5.41) is 21.0. The molecule has 0 aliphatic rings. The Balaban J connectivity index is 2.51. The Morgan fingerprint density at radius 2 is 2.10 bits per heavy atom. The molecule has 21 heavy (non-hydrogen) atoms. The van der Waals surface area contributed by atoms with Gasteiger partial charge in [-0.1, -0.05) is 37.3 Å². The maximum atomic E-state index is 11.6. The summed E-state index contributed by atoms with van der Waals surface area (Å²) in [5.41, 5.74) is -0.357. The Hall–Kier alpha value is -2.28. The first kappa shape index (κ1) is 15.1. The second kappa shape index (κ2) is 6.01. The predicted molar refractivity (Wildman–Crippen MR) is 74.7 cm³/mol. The van der Waals surface area contributed by atoms with Crippen molar-refractivity contribution < 1.29 is 14.6 Å². The smallest absolute Gasteiger partial charge is 0.331 e. The summed E-state index contributed by atoms with van der Waals surface area (Å²) in [5.74, 6) is -0.614. The summed E-state index contributed by atoms with van der Waals surface area (Å²) >= 11 is 0. The van der Waals surface area contributed by atoms with E-state index in [4.69, 9.17) is 4.74 Å². The van der Waals surface area contributed by atoms with Gasteiger partial charge in [-0.05, 0) is 29.3 Å². The molecule has 2 atom stereocenters. The minimum absolute atomic E-state index is 0.353. The third-order valence-electron chi connectivity index (χ3n) is 3.68. The van der Waals surface area contributed by atoms with E-state index in [1.807, 2.05) is 30.3 Å². The lowest BCUT2D eigenvalue weighted by Gasteiger charge is -2.26. The Morgan fingerprint density at radius 3 is 2.62 bits per heavy atom. The van der Waals surface area contributed by atoms with E-state index in [2.05, 4.69) is 15.5 Å². The molecule has 1 aromatic carbocycles. The third-order valence-corrected chi connectivity index (χ3v) is 3.68. The van der Waals surface area contributed by atoms with Crippen LogP contribution in [0, 0.1) is 0 Å². The van der Waals surface area contributed by atoms with Crippen molar-refractivity contribution in [2.45, 2.75) is 31.9 Å². The summed E-state index contributed by atoms with van der Waals surface area (Å²) in [6, 6.07) is 9.43. The standard InChI is InChI=1S/C14H18N4O3/c1-4-14(2,13(19)20)18-12(15-16-17-18)11(21-3)10-8-6-5-7-9-10/h5-9,11H,4H2,1-3H3,(H,19,20). The van der Waals surface area contributed by atoms with E-state index in [-0.39, 0.29) is 0 Å². The molecule has 1 heterocycles. The molecule has 2 unspecified atom stereocenters. The molecule has 0 amide bonds. The molecule has 1 aromatic heterocycles. The number of aliphatic carboxylic acids is 1. The fraction of sp³-hybridized carbons (Fsp3) is 0.429. The minimum Gasteiger partial charge on any atom is -0.479 e. The first-order valence-electron chi connectivity index (χ1n) is 6.64. The Morgan fingerprint density at radius 1 is 1.43 bits per heavy atom. The predicted octanol–water partition coefficient (Wildman–Crippen LogP) is 1.62. The highest BCUT2D eigenvalue weighted by Crippen LogP contribution is 2.28. The lowest BCUT2D eigenvalue weighted by molar-refractivity contribution is -0.147. The number of carboxylic acids is 1. The molecular weight excluding hydrogens is 272 g/mol. The fourth-order valence-electron chi connectivity index (χ4n) is 2.12. The van der Waals surface area contributed by atoms with Crippen molar-refractivity contribution in [3.8, 4) is 0 Å². The van der Waals surface area contributed by atoms with Gasteiger partial charge in [-0.2, -0.15) is 0 Å². The molecule has 112 valence electrons. The van der Waals surface area contributed by atoms with Gasteiger partial charge < -0.3 is 9.84 Å². The molecule has 7 nitrogen and oxygen atoms in total. The first-order valence-corrected chi connectivity index (χ1v) is 6.64. The molecule has 0 spiro atoms. The average molecular weight is 290 g/mol. The lowest BCUT2D eigenvalue weighted by atomic mass is 9.98. The maximum absolute atomic E-state index is 11.6. The molecule has 2 rings (SSSR count). The van der Waals surface area contributed by atoms with Crippen molar-refractivity contribution in [3.63, 3.8) is 0 Å². The molecular formula is C14H18N4O3. The number of hydrogen-bond acceptors (Lipinski definition) is 5. The number of rotatable bonds is 6. The molecule has 7 heteroatoms. The average Bonchev–Trinajstić information content (AvgIpc) is 2.98. The van der Waals surface area contributed by atoms with E-state index >= 15 is 0 Å². The van der Waals surface area contributed by atoms with E-state index in [1.54, 1.807) is 21.0 Å². The van der Waals surface area contributed by atoms with Crippen LogP contribution < -0.4 is 0 Å². The molecule has 0 saturated heterocycles. The Labute approximate surface area is 122 Å². The van der Waals surface area contributed by atoms with E-state index in [9.17, 15) is 9.90 Å². The number of carbonyl (C=O) groups is 1. The van der Waals surface area contributed by atoms with Gasteiger partial charge in [0.15, 0.2) is 11.4 Å². The Bertz CT molecular complexity index is 614. The second-order valence-corrected chi connectivity index (χ2v) is 4.91. The van der Waals surface area contributed by atoms with Gasteiger partial charge in [0.05, 0.1) is 0 Å². The van der Waals surface area contributed by atoms with Gasteiger partial charge in [0.2, 0.25) is 0 Å². The van der Waals surface area contributed by atoms with Crippen molar-refractivity contribution >= 4 is 5.97 Å². The normalized spacial score (nSPS) is 15.4. The monoisotopic (exact) mass is 290 g/mol. The maximum Gasteiger partial charge on any atom is 0.331 e. The molecule has 0 radical (unpaired) electrons. The van der Waals surface area contributed by atoms with Gasteiger partial charge in [-0.3, -0.25) is 0 Å². The van der Waals surface area contributed by atoms with Gasteiger partial charge >= 0.3 is 5.97 Å². The van der Waals surface area contributed by atoms with Crippen molar-refractivity contribution in [1.82, 2.24) is 20.2 Å². The zero-order valence-electron chi connectivity index (χ0n) is 12.2. The number of methoxy groups -OCH3 is 1. The number of hydrogen-bond donors (Lipinski definition) is 1. The first-order chi connectivity index (χ1) is 10.0. The number of carboxylic acid groups (broad SMARTS) is 1. The summed E-state index contributed by atoms with van der Waals surface area (Å²) in [7, 11) is 1.54. The quantitative estimate of drug-likeness (QED) is 0.869. The lowest BCUT2D eigenvalue weighted by Crippen LogP contribution is -2.41. The van der Waals surface area contributed by atoms with Crippen LogP contribution in [0.1, 0.15) is 37.8 Å². The SMILES string of the molecule is CCC(C)(C(=O)O)n1nnnc1C(OC)c1ccccc1. The van der Waals surface area contributed by atoms with Crippen LogP contribution in [0.3, 0.4) is 0 Å². The van der Waals surface area contributed by atoms with Crippen LogP contribution in [-0.2, 0) is 15.1 Å². The van der Waals surface area contributed by atoms with Crippen LogP contribution in [0.25, 0.3) is 0 Å². The van der Waals surface area contributed by atoms with E-state index < -0.39 is 17.6 Å². The highest BCUT2D eigenvalue weighted by molar-refractivity contribution is 5.76. The van der Waals surface area contributed by atoms with Gasteiger partial charge in [-0.15, -0.1) is 5.10 Å². The number of ether oxygens (including phenoxy) is 1. The Kier molecular flexibility index (Phi) is 4.32. The van der Waals surface area contributed by atoms with Crippen LogP contribution in [0.2, 0.25) is 0 Å². The largest absolute Gasteiger partial charge is 0.479 e. The van der Waals surface area contributed by atoms with Crippen molar-refractivity contribution in [3.05, 3.63) is 41.7 Å². The molecule has 0 fully saturated rings. The molecule has 0 aliphatic heterocycles. The highest BCUT2D eigenvalue weighted by atomic mass is 16.5. The van der Waals surface area contributed by atoms with Gasteiger partial charge in [0.1, 0.15) is 6.10 Å². The number of nitrogens with zero attached hydrogens (tertiary/aromatic N) is 4. The summed E-state index contributed by atoms with van der Waals surface area (Å²) in [6.07, 6.45) is -0.169. The summed E-state index contributed by atoms with van der Waals surface area (Å²) in [6.45, 7) is 3.37. The van der Waals surface area contributed by atoms with E-state index in [0.29, 0.717) is 12.2 Å². The van der Waals surface area contributed by atoms with E-state index in [1.165, 1.54) is 4.68 Å². The number of aromatic nitrogens is 4. The summed E-state index contributed by atoms with van der Waals surface area (Å²) in [4.78, 5) is 11.6. The second-order valence-electron chi connectivity index (χ2n) is 4.91. The molecule has 0 bridgehead atoms. The minimum atomic E-state index is -1.22. The zero-order valence-corrected chi connectivity index (χ0v) is 12.2. The van der Waals surface area contributed by atoms with Gasteiger partial charge in [0.25, 0.3) is 0 Å². The van der Waals surface area contributed by atoms with Crippen molar-refractivity contribution in [1.29, 1.82) is 0 Å². The van der Waals surface area contributed by atoms with Crippen LogP contribution >= 0.6 is 0 Å². The topological polar surface area (TPSA) is 90.1 Å². The number of benzene rings is 1. The van der Waals surface area contributed by atoms with E-state index in [0.717, 1.165) is 5.56 Å². The van der Waals surface area contributed by atoms with Crippen LogP contribution in [0.15, 0.2) is 30.3 Å².